The zero-order valence-corrected chi connectivity index (χ0v) is 10.1. The van der Waals surface area contributed by atoms with Gasteiger partial charge in [0.15, 0.2) is 0 Å². The van der Waals surface area contributed by atoms with Gasteiger partial charge in [-0.15, -0.1) is 0 Å². The molecule has 17 heavy (non-hydrogen) atoms. The third kappa shape index (κ3) is 2.19. The summed E-state index contributed by atoms with van der Waals surface area (Å²) in [7, 11) is 0. The second-order valence-corrected chi connectivity index (χ2v) is 4.38. The molecule has 0 radical (unpaired) electrons. The van der Waals surface area contributed by atoms with Gasteiger partial charge in [0.05, 0.1) is 29.7 Å². The summed E-state index contributed by atoms with van der Waals surface area (Å²) in [5, 5.41) is 17.0. The van der Waals surface area contributed by atoms with Crippen molar-refractivity contribution in [2.45, 2.75) is 19.9 Å². The van der Waals surface area contributed by atoms with Crippen LogP contribution in [0.15, 0.2) is 18.3 Å². The number of nitrogens with two attached hydrogens (primary N) is 1. The number of nitrogens with zero attached hydrogens (tertiary/aromatic N) is 2. The predicted octanol–water partition coefficient (Wildman–Crippen LogP) is 1.35. The molecule has 0 bridgehead atoms. The molecule has 2 aromatic rings. The number of aromatic nitrogens is 2. The molecule has 1 aromatic carbocycles. The Bertz CT molecular complexity index is 506. The molecular weight excluding hydrogens is 216 g/mol. The van der Waals surface area contributed by atoms with Crippen molar-refractivity contribution in [1.82, 2.24) is 10.2 Å². The van der Waals surface area contributed by atoms with Gasteiger partial charge in [-0.2, -0.15) is 5.10 Å². The molecule has 0 aliphatic rings. The fourth-order valence-corrected chi connectivity index (χ4v) is 2.01. The van der Waals surface area contributed by atoms with E-state index in [-0.39, 0.29) is 12.6 Å². The van der Waals surface area contributed by atoms with Gasteiger partial charge in [-0.25, -0.2) is 0 Å². The zero-order chi connectivity index (χ0) is 12.4. The molecule has 1 aromatic heterocycles. The molecule has 1 heterocycles. The number of aliphatic hydroxyl groups excluding tert-OH is 1. The van der Waals surface area contributed by atoms with Crippen molar-refractivity contribution < 1.29 is 5.11 Å². The van der Waals surface area contributed by atoms with Crippen molar-refractivity contribution in [3.05, 3.63) is 18.3 Å². The van der Waals surface area contributed by atoms with Gasteiger partial charge in [-0.05, 0) is 26.0 Å². The van der Waals surface area contributed by atoms with Gasteiger partial charge < -0.3 is 15.7 Å². The molecule has 5 heteroatoms. The van der Waals surface area contributed by atoms with Crippen molar-refractivity contribution in [2.75, 3.05) is 23.8 Å². The molecule has 0 saturated carbocycles. The summed E-state index contributed by atoms with van der Waals surface area (Å²) in [6.45, 7) is 4.83. The first-order valence-electron chi connectivity index (χ1n) is 5.73. The summed E-state index contributed by atoms with van der Waals surface area (Å²) in [6.07, 6.45) is 1.75. The van der Waals surface area contributed by atoms with Crippen LogP contribution in [-0.4, -0.2) is 34.5 Å². The fourth-order valence-electron chi connectivity index (χ4n) is 2.01. The minimum Gasteiger partial charge on any atom is -0.397 e. The molecule has 0 aliphatic carbocycles. The maximum absolute atomic E-state index is 9.11. The quantitative estimate of drug-likeness (QED) is 0.698. The third-order valence-electron chi connectivity index (χ3n) is 2.86. The SMILES string of the molecule is CC(C)N(CCO)c1cc2[nH]ncc2cc1N. The highest BCUT2D eigenvalue weighted by Gasteiger charge is 2.14. The highest BCUT2D eigenvalue weighted by Crippen LogP contribution is 2.29. The van der Waals surface area contributed by atoms with Crippen LogP contribution in [0, 0.1) is 0 Å². The van der Waals surface area contributed by atoms with E-state index in [4.69, 9.17) is 10.8 Å². The maximum Gasteiger partial charge on any atom is 0.0672 e. The molecular formula is C12H18N4O. The average Bonchev–Trinajstić information content (AvgIpc) is 2.71. The summed E-state index contributed by atoms with van der Waals surface area (Å²) >= 11 is 0. The number of benzene rings is 1. The van der Waals surface area contributed by atoms with Gasteiger partial charge in [-0.1, -0.05) is 0 Å². The van der Waals surface area contributed by atoms with Crippen LogP contribution in [0.4, 0.5) is 11.4 Å². The lowest BCUT2D eigenvalue weighted by Gasteiger charge is -2.29. The van der Waals surface area contributed by atoms with Crippen LogP contribution in [0.2, 0.25) is 0 Å². The first kappa shape index (κ1) is 11.7. The van der Waals surface area contributed by atoms with E-state index >= 15 is 0 Å². The maximum atomic E-state index is 9.11. The van der Waals surface area contributed by atoms with E-state index in [9.17, 15) is 0 Å². The van der Waals surface area contributed by atoms with E-state index in [1.165, 1.54) is 0 Å². The Morgan fingerprint density at radius 3 is 2.88 bits per heavy atom. The molecule has 0 spiro atoms. The van der Waals surface area contributed by atoms with Crippen LogP contribution in [0.3, 0.4) is 0 Å². The Morgan fingerprint density at radius 2 is 2.24 bits per heavy atom. The summed E-state index contributed by atoms with van der Waals surface area (Å²) in [4.78, 5) is 2.08. The van der Waals surface area contributed by atoms with Gasteiger partial charge in [0.25, 0.3) is 0 Å². The van der Waals surface area contributed by atoms with Crippen LogP contribution < -0.4 is 10.6 Å². The molecule has 0 atom stereocenters. The summed E-state index contributed by atoms with van der Waals surface area (Å²) in [5.74, 6) is 0. The van der Waals surface area contributed by atoms with Crippen molar-refractivity contribution in [3.8, 4) is 0 Å². The molecule has 0 unspecified atom stereocenters. The van der Waals surface area contributed by atoms with E-state index in [1.54, 1.807) is 6.20 Å². The van der Waals surface area contributed by atoms with Crippen molar-refractivity contribution in [2.24, 2.45) is 0 Å². The number of aliphatic hydroxyl groups is 1. The van der Waals surface area contributed by atoms with Gasteiger partial charge in [0.1, 0.15) is 0 Å². The van der Waals surface area contributed by atoms with Crippen LogP contribution in [0.5, 0.6) is 0 Å². The molecule has 2 rings (SSSR count). The molecule has 4 N–H and O–H groups in total. The van der Waals surface area contributed by atoms with E-state index in [1.807, 2.05) is 12.1 Å². The topological polar surface area (TPSA) is 78.2 Å². The number of nitrogen functional groups attached to an aromatic ring is 1. The van der Waals surface area contributed by atoms with Gasteiger partial charge in [0, 0.05) is 18.0 Å². The minimum absolute atomic E-state index is 0.110. The lowest BCUT2D eigenvalue weighted by molar-refractivity contribution is 0.299. The Balaban J connectivity index is 2.47. The average molecular weight is 234 g/mol. The molecule has 0 aliphatic heterocycles. The lowest BCUT2D eigenvalue weighted by atomic mass is 10.1. The highest BCUT2D eigenvalue weighted by molar-refractivity contribution is 5.89. The number of hydrogen-bond donors (Lipinski definition) is 3. The second-order valence-electron chi connectivity index (χ2n) is 4.38. The van der Waals surface area contributed by atoms with Crippen molar-refractivity contribution in [1.29, 1.82) is 0 Å². The largest absolute Gasteiger partial charge is 0.397 e. The molecule has 0 saturated heterocycles. The molecule has 0 fully saturated rings. The Morgan fingerprint density at radius 1 is 1.47 bits per heavy atom. The van der Waals surface area contributed by atoms with E-state index < -0.39 is 0 Å². The van der Waals surface area contributed by atoms with Crippen LogP contribution in [0.25, 0.3) is 10.9 Å². The van der Waals surface area contributed by atoms with Crippen LogP contribution in [-0.2, 0) is 0 Å². The van der Waals surface area contributed by atoms with Crippen LogP contribution in [0.1, 0.15) is 13.8 Å². The highest BCUT2D eigenvalue weighted by atomic mass is 16.3. The van der Waals surface area contributed by atoms with Gasteiger partial charge in [0.2, 0.25) is 0 Å². The number of anilines is 2. The number of fused-ring (bicyclic) bond motifs is 1. The number of rotatable bonds is 4. The lowest BCUT2D eigenvalue weighted by Crippen LogP contribution is -2.33. The normalized spacial score (nSPS) is 11.3. The van der Waals surface area contributed by atoms with Gasteiger partial charge in [-0.3, -0.25) is 5.10 Å². The Labute approximate surface area is 100 Å². The summed E-state index contributed by atoms with van der Waals surface area (Å²) in [5.41, 5.74) is 8.65. The zero-order valence-electron chi connectivity index (χ0n) is 10.1. The third-order valence-corrected chi connectivity index (χ3v) is 2.86. The Hall–Kier alpha value is -1.75. The summed E-state index contributed by atoms with van der Waals surface area (Å²) in [6, 6.07) is 4.17. The smallest absolute Gasteiger partial charge is 0.0672 e. The Kier molecular flexibility index (Phi) is 3.19. The van der Waals surface area contributed by atoms with Crippen molar-refractivity contribution >= 4 is 22.3 Å². The van der Waals surface area contributed by atoms with Crippen LogP contribution >= 0.6 is 0 Å². The first-order chi connectivity index (χ1) is 8.13. The fraction of sp³-hybridized carbons (Fsp3) is 0.417. The first-order valence-corrected chi connectivity index (χ1v) is 5.73. The van der Waals surface area contributed by atoms with E-state index in [2.05, 4.69) is 28.9 Å². The monoisotopic (exact) mass is 234 g/mol. The standard InChI is InChI=1S/C12H18N4O/c1-8(2)16(3-4-17)12-6-11-9(5-10(12)13)7-14-15-11/h5-8,17H,3-4,13H2,1-2H3,(H,14,15). The predicted molar refractivity (Wildman–Crippen MR) is 70.1 cm³/mol. The van der Waals surface area contributed by atoms with Gasteiger partial charge >= 0.3 is 0 Å². The minimum atomic E-state index is 0.110. The number of hydrogen-bond acceptors (Lipinski definition) is 4. The number of nitrogens with one attached hydrogen (secondary N) is 1. The molecule has 92 valence electrons. The van der Waals surface area contributed by atoms with Crippen molar-refractivity contribution in [3.63, 3.8) is 0 Å². The molecule has 5 nitrogen and oxygen atoms in total. The second kappa shape index (κ2) is 4.63. The summed E-state index contributed by atoms with van der Waals surface area (Å²) < 4.78 is 0. The number of aromatic amines is 1. The molecule has 0 amide bonds. The van der Waals surface area contributed by atoms with E-state index in [0.717, 1.165) is 16.6 Å². The number of H-pyrrole nitrogens is 1. The van der Waals surface area contributed by atoms with E-state index in [0.29, 0.717) is 12.2 Å².